The van der Waals surface area contributed by atoms with Crippen LogP contribution in [0.2, 0.25) is 0 Å². The summed E-state index contributed by atoms with van der Waals surface area (Å²) < 4.78 is 5.96. The maximum Gasteiger partial charge on any atom is 0.328 e. The summed E-state index contributed by atoms with van der Waals surface area (Å²) >= 11 is 0. The van der Waals surface area contributed by atoms with E-state index in [4.69, 9.17) is 10.5 Å². The summed E-state index contributed by atoms with van der Waals surface area (Å²) in [5, 5.41) is 10.1. The number of ether oxygens (including phenoxy) is 1. The topological polar surface area (TPSA) is 147 Å². The molecule has 0 spiro atoms. The number of imide groups is 4. The van der Waals surface area contributed by atoms with Gasteiger partial charge in [-0.3, -0.25) is 19.2 Å². The number of hydrogen-bond donors (Lipinski definition) is 2. The third kappa shape index (κ3) is 3.33. The second kappa shape index (κ2) is 8.63. The van der Waals surface area contributed by atoms with Crippen LogP contribution in [0, 0.1) is 35.0 Å². The number of primary amides is 1. The summed E-state index contributed by atoms with van der Waals surface area (Å²) in [6.07, 6.45) is 4.22. The number of phenols is 1. The Morgan fingerprint density at radius 1 is 1.02 bits per heavy atom. The smallest absolute Gasteiger partial charge is 0.328 e. The summed E-state index contributed by atoms with van der Waals surface area (Å²) in [5.74, 6) is -4.96. The number of fused-ring (bicyclic) bond motifs is 5. The highest BCUT2D eigenvalue weighted by Gasteiger charge is 2.68. The number of para-hydroxylation sites is 1. The molecule has 3 heterocycles. The summed E-state index contributed by atoms with van der Waals surface area (Å²) in [7, 11) is 0. The number of rotatable bonds is 2. The highest BCUT2D eigenvalue weighted by atomic mass is 16.5. The van der Waals surface area contributed by atoms with E-state index >= 15 is 0 Å². The van der Waals surface area contributed by atoms with Gasteiger partial charge >= 0.3 is 6.03 Å². The summed E-state index contributed by atoms with van der Waals surface area (Å²) in [5.41, 5.74) is 6.90. The number of anilines is 1. The Morgan fingerprint density at radius 3 is 2.51 bits per heavy atom. The van der Waals surface area contributed by atoms with E-state index in [1.165, 1.54) is 11.0 Å². The number of allylic oxidation sites excluding steroid dienone is 3. The SMILES string of the molecule is CC12C(=O)N(c3ccccc3)C(=O)C1CC1C(=CCC3C(=O)N(C(N)=O)C(=O)C31)C2C1=COc2ccc(O)cc2C1. The van der Waals surface area contributed by atoms with E-state index in [0.29, 0.717) is 22.8 Å². The molecule has 6 unspecified atom stereocenters. The van der Waals surface area contributed by atoms with Gasteiger partial charge in [-0.1, -0.05) is 29.8 Å². The molecular weight excluding hydrogens is 526 g/mol. The van der Waals surface area contributed by atoms with E-state index in [2.05, 4.69) is 0 Å². The highest BCUT2D eigenvalue weighted by Crippen LogP contribution is 2.62. The van der Waals surface area contributed by atoms with Crippen molar-refractivity contribution in [2.75, 3.05) is 4.90 Å². The molecule has 2 saturated heterocycles. The van der Waals surface area contributed by atoms with Crippen molar-refractivity contribution in [3.05, 3.63) is 77.6 Å². The number of hydrogen-bond acceptors (Lipinski definition) is 7. The minimum atomic E-state index is -1.21. The second-order valence-electron chi connectivity index (χ2n) is 11.6. The molecule has 41 heavy (non-hydrogen) atoms. The monoisotopic (exact) mass is 553 g/mol. The van der Waals surface area contributed by atoms with Gasteiger partial charge in [-0.2, -0.15) is 4.90 Å². The Hall–Kier alpha value is -4.73. The van der Waals surface area contributed by atoms with E-state index in [1.807, 2.05) is 6.08 Å². The lowest BCUT2D eigenvalue weighted by atomic mass is 9.51. The lowest BCUT2D eigenvalue weighted by Crippen LogP contribution is -2.51. The third-order valence-corrected chi connectivity index (χ3v) is 9.66. The van der Waals surface area contributed by atoms with Gasteiger partial charge < -0.3 is 15.6 Å². The van der Waals surface area contributed by atoms with Crippen LogP contribution in [0.15, 0.2) is 72.0 Å². The predicted molar refractivity (Wildman–Crippen MR) is 144 cm³/mol. The van der Waals surface area contributed by atoms with Crippen molar-refractivity contribution in [1.29, 1.82) is 0 Å². The lowest BCUT2D eigenvalue weighted by molar-refractivity contribution is -0.137. The number of phenolic OH excluding ortho intramolecular Hbond substituents is 1. The van der Waals surface area contributed by atoms with Gasteiger partial charge in [0, 0.05) is 17.9 Å². The van der Waals surface area contributed by atoms with E-state index in [1.54, 1.807) is 55.7 Å². The van der Waals surface area contributed by atoms with Crippen molar-refractivity contribution in [2.45, 2.75) is 26.2 Å². The second-order valence-corrected chi connectivity index (χ2v) is 11.6. The molecule has 10 nitrogen and oxygen atoms in total. The first-order valence-corrected chi connectivity index (χ1v) is 13.6. The molecule has 10 heteroatoms. The molecule has 0 aromatic heterocycles. The number of likely N-dealkylation sites (tertiary alicyclic amines) is 1. The van der Waals surface area contributed by atoms with Gasteiger partial charge in [0.2, 0.25) is 23.6 Å². The average Bonchev–Trinajstić information content (AvgIpc) is 3.32. The third-order valence-electron chi connectivity index (χ3n) is 9.66. The summed E-state index contributed by atoms with van der Waals surface area (Å²) in [6.45, 7) is 1.80. The number of benzene rings is 2. The van der Waals surface area contributed by atoms with Gasteiger partial charge in [-0.25, -0.2) is 9.69 Å². The Labute approximate surface area is 235 Å². The predicted octanol–water partition coefficient (Wildman–Crippen LogP) is 3.05. The van der Waals surface area contributed by atoms with Crippen LogP contribution in [0.3, 0.4) is 0 Å². The van der Waals surface area contributed by atoms with Gasteiger partial charge in [0.25, 0.3) is 0 Å². The molecule has 0 bridgehead atoms. The minimum absolute atomic E-state index is 0.0721. The molecule has 3 fully saturated rings. The van der Waals surface area contributed by atoms with Crippen LogP contribution in [0.5, 0.6) is 11.5 Å². The maximum absolute atomic E-state index is 14.4. The normalized spacial score (nSPS) is 32.0. The van der Waals surface area contributed by atoms with Gasteiger partial charge in [0.15, 0.2) is 0 Å². The fraction of sp³-hybridized carbons (Fsp3) is 0.323. The van der Waals surface area contributed by atoms with Crippen LogP contribution in [-0.2, 0) is 25.6 Å². The van der Waals surface area contributed by atoms with Crippen LogP contribution in [0.25, 0.3) is 0 Å². The highest BCUT2D eigenvalue weighted by molar-refractivity contribution is 6.24. The molecule has 6 amide bonds. The first-order chi connectivity index (χ1) is 19.6. The van der Waals surface area contributed by atoms with Crippen LogP contribution in [0.4, 0.5) is 10.5 Å². The standard InChI is InChI=1S/C31H27N3O7/c1-31-22(27(37)33(29(31)39)17-5-3-2-4-6-17)13-21-19(8-9-20-24(21)28(38)34(26(20)36)30(32)40)25(31)16-11-15-12-18(35)7-10-23(15)41-14-16/h2-8,10,12,14,20-22,24-25,35H,9,11,13H2,1H3,(H2,32,40). The minimum Gasteiger partial charge on any atom is -0.508 e. The van der Waals surface area contributed by atoms with Gasteiger partial charge in [-0.15, -0.1) is 0 Å². The summed E-state index contributed by atoms with van der Waals surface area (Å²) in [6, 6.07) is 12.4. The Balaban J connectivity index is 1.38. The molecule has 3 aliphatic heterocycles. The molecule has 1 saturated carbocycles. The molecule has 2 aromatic carbocycles. The number of nitrogens with zero attached hydrogens (tertiary/aromatic N) is 2. The zero-order valence-corrected chi connectivity index (χ0v) is 22.2. The quantitative estimate of drug-likeness (QED) is 0.429. The van der Waals surface area contributed by atoms with Gasteiger partial charge in [0.05, 0.1) is 35.1 Å². The van der Waals surface area contributed by atoms with E-state index < -0.39 is 52.8 Å². The Kier molecular flexibility index (Phi) is 5.32. The molecule has 2 aromatic rings. The van der Waals surface area contributed by atoms with Gasteiger partial charge in [-0.05, 0) is 61.6 Å². The Bertz CT molecular complexity index is 1630. The van der Waals surface area contributed by atoms with Crippen molar-refractivity contribution < 1.29 is 33.8 Å². The molecule has 6 atom stereocenters. The average molecular weight is 554 g/mol. The van der Waals surface area contributed by atoms with Crippen LogP contribution in [-0.4, -0.2) is 39.7 Å². The zero-order valence-electron chi connectivity index (χ0n) is 22.2. The molecule has 3 N–H and O–H groups in total. The number of nitrogens with two attached hydrogens (primary N) is 1. The Morgan fingerprint density at radius 2 is 1.78 bits per heavy atom. The molecule has 2 aliphatic carbocycles. The van der Waals surface area contributed by atoms with Crippen molar-refractivity contribution >= 4 is 35.3 Å². The fourth-order valence-corrected chi connectivity index (χ4v) is 7.89. The zero-order chi connectivity index (χ0) is 28.8. The van der Waals surface area contributed by atoms with Gasteiger partial charge in [0.1, 0.15) is 11.5 Å². The van der Waals surface area contributed by atoms with E-state index in [0.717, 1.165) is 16.7 Å². The summed E-state index contributed by atoms with van der Waals surface area (Å²) in [4.78, 5) is 68.8. The number of carbonyl (C=O) groups is 5. The van der Waals surface area contributed by atoms with Crippen molar-refractivity contribution in [3.8, 4) is 11.5 Å². The first-order valence-electron chi connectivity index (χ1n) is 13.6. The first kappa shape index (κ1) is 25.3. The van der Waals surface area contributed by atoms with Crippen molar-refractivity contribution in [2.24, 2.45) is 40.7 Å². The molecule has 208 valence electrons. The molecule has 5 aliphatic rings. The lowest BCUT2D eigenvalue weighted by Gasteiger charge is -2.49. The molecule has 0 radical (unpaired) electrons. The number of aromatic hydroxyl groups is 1. The molecular formula is C31H27N3O7. The fourth-order valence-electron chi connectivity index (χ4n) is 7.89. The number of carbonyl (C=O) groups excluding carboxylic acids is 5. The van der Waals surface area contributed by atoms with Crippen molar-refractivity contribution in [1.82, 2.24) is 4.90 Å². The maximum atomic E-state index is 14.4. The number of amides is 6. The van der Waals surface area contributed by atoms with Crippen molar-refractivity contribution in [3.63, 3.8) is 0 Å². The molecule has 7 rings (SSSR count). The van der Waals surface area contributed by atoms with E-state index in [9.17, 15) is 29.1 Å². The van der Waals surface area contributed by atoms with Crippen LogP contribution < -0.4 is 15.4 Å². The number of urea groups is 1. The largest absolute Gasteiger partial charge is 0.508 e. The van der Waals surface area contributed by atoms with Crippen LogP contribution in [0.1, 0.15) is 25.3 Å². The van der Waals surface area contributed by atoms with E-state index in [-0.39, 0.29) is 30.4 Å². The van der Waals surface area contributed by atoms with Crippen LogP contribution >= 0.6 is 0 Å².